The molecule has 1 atom stereocenters. The van der Waals surface area contributed by atoms with E-state index in [0.29, 0.717) is 6.42 Å². The molecule has 6 heteroatoms. The van der Waals surface area contributed by atoms with E-state index in [0.717, 1.165) is 0 Å². The smallest absolute Gasteiger partial charge is 0.405 e. The molecule has 0 rings (SSSR count). The molecule has 0 heterocycles. The van der Waals surface area contributed by atoms with Gasteiger partial charge in [-0.15, -0.1) is 0 Å². The molecular weight excluding hydrogens is 218 g/mol. The number of carbonyl (C=O) groups is 1. The van der Waals surface area contributed by atoms with Crippen molar-refractivity contribution in [1.29, 1.82) is 0 Å². The van der Waals surface area contributed by atoms with E-state index in [1.807, 2.05) is 6.92 Å². The van der Waals surface area contributed by atoms with Gasteiger partial charge in [-0.3, -0.25) is 0 Å². The first-order valence-electron chi connectivity index (χ1n) is 4.71. The summed E-state index contributed by atoms with van der Waals surface area (Å²) < 4.78 is 26.8. The second kappa shape index (κ2) is 4.83. The molecule has 0 aliphatic carbocycles. The summed E-state index contributed by atoms with van der Waals surface area (Å²) in [5.41, 5.74) is 4.18. The van der Waals surface area contributed by atoms with E-state index in [1.165, 1.54) is 6.26 Å². The monoisotopic (exact) mass is 237 g/mol. The van der Waals surface area contributed by atoms with E-state index >= 15 is 0 Å². The molecule has 0 spiro atoms. The SMILES string of the molecule is CC(CCS(C)(=O)=O)C(C)(C)OC(N)=O. The minimum Gasteiger partial charge on any atom is -0.443 e. The highest BCUT2D eigenvalue weighted by Gasteiger charge is 2.29. The molecule has 0 bridgehead atoms. The number of primary amides is 1. The van der Waals surface area contributed by atoms with Gasteiger partial charge >= 0.3 is 6.09 Å². The number of hydrogen-bond donors (Lipinski definition) is 1. The van der Waals surface area contributed by atoms with Crippen molar-refractivity contribution in [2.45, 2.75) is 32.8 Å². The van der Waals surface area contributed by atoms with Gasteiger partial charge in [-0.2, -0.15) is 0 Å². The molecule has 0 aromatic rings. The fourth-order valence-electron chi connectivity index (χ4n) is 1.10. The van der Waals surface area contributed by atoms with Crippen molar-refractivity contribution in [3.63, 3.8) is 0 Å². The fourth-order valence-corrected chi connectivity index (χ4v) is 1.88. The first-order valence-corrected chi connectivity index (χ1v) is 6.77. The summed E-state index contributed by atoms with van der Waals surface area (Å²) in [5, 5.41) is 0. The Hall–Kier alpha value is -0.780. The Morgan fingerprint density at radius 1 is 1.47 bits per heavy atom. The largest absolute Gasteiger partial charge is 0.443 e. The maximum atomic E-state index is 11.0. The molecule has 0 aliphatic heterocycles. The normalized spacial score (nSPS) is 14.7. The zero-order valence-corrected chi connectivity index (χ0v) is 10.4. The molecule has 0 aliphatic rings. The van der Waals surface area contributed by atoms with Crippen LogP contribution in [0.2, 0.25) is 0 Å². The van der Waals surface area contributed by atoms with Gasteiger partial charge in [0.2, 0.25) is 0 Å². The van der Waals surface area contributed by atoms with E-state index in [2.05, 4.69) is 0 Å². The van der Waals surface area contributed by atoms with Crippen molar-refractivity contribution in [1.82, 2.24) is 0 Å². The zero-order chi connectivity index (χ0) is 12.3. The van der Waals surface area contributed by atoms with Crippen LogP contribution < -0.4 is 5.73 Å². The predicted molar refractivity (Wildman–Crippen MR) is 58.2 cm³/mol. The summed E-state index contributed by atoms with van der Waals surface area (Å²) in [4.78, 5) is 10.6. The molecule has 0 saturated carbocycles. The Morgan fingerprint density at radius 2 is 1.93 bits per heavy atom. The van der Waals surface area contributed by atoms with E-state index < -0.39 is 21.5 Å². The number of rotatable bonds is 5. The Labute approximate surface area is 90.9 Å². The second-order valence-electron chi connectivity index (χ2n) is 4.34. The van der Waals surface area contributed by atoms with E-state index in [4.69, 9.17) is 10.5 Å². The van der Waals surface area contributed by atoms with Crippen molar-refractivity contribution in [2.24, 2.45) is 11.7 Å². The van der Waals surface area contributed by atoms with Crippen molar-refractivity contribution < 1.29 is 17.9 Å². The third-order valence-electron chi connectivity index (χ3n) is 2.47. The molecule has 0 saturated heterocycles. The van der Waals surface area contributed by atoms with Crippen molar-refractivity contribution in [3.8, 4) is 0 Å². The molecule has 2 N–H and O–H groups in total. The molecular formula is C9H19NO4S. The predicted octanol–water partition coefficient (Wildman–Crippen LogP) is 0.931. The lowest BCUT2D eigenvalue weighted by Gasteiger charge is -2.30. The molecule has 1 unspecified atom stereocenters. The molecule has 0 aromatic carbocycles. The van der Waals surface area contributed by atoms with Gasteiger partial charge in [0.25, 0.3) is 0 Å². The molecule has 90 valence electrons. The minimum atomic E-state index is -2.98. The summed E-state index contributed by atoms with van der Waals surface area (Å²) in [6.07, 6.45) is 0.784. The quantitative estimate of drug-likeness (QED) is 0.770. The average Bonchev–Trinajstić information content (AvgIpc) is 1.95. The summed E-state index contributed by atoms with van der Waals surface area (Å²) >= 11 is 0. The van der Waals surface area contributed by atoms with Crippen molar-refractivity contribution in [3.05, 3.63) is 0 Å². The van der Waals surface area contributed by atoms with Crippen molar-refractivity contribution >= 4 is 15.9 Å². The number of hydrogen-bond acceptors (Lipinski definition) is 4. The first kappa shape index (κ1) is 14.2. The number of carbonyl (C=O) groups excluding carboxylic acids is 1. The number of sulfone groups is 1. The van der Waals surface area contributed by atoms with Gasteiger partial charge in [0.05, 0.1) is 5.75 Å². The van der Waals surface area contributed by atoms with E-state index in [-0.39, 0.29) is 11.7 Å². The van der Waals surface area contributed by atoms with E-state index in [1.54, 1.807) is 13.8 Å². The third kappa shape index (κ3) is 6.33. The molecule has 5 nitrogen and oxygen atoms in total. The van der Waals surface area contributed by atoms with Crippen LogP contribution in [0, 0.1) is 5.92 Å². The van der Waals surface area contributed by atoms with Crippen LogP contribution in [-0.4, -0.2) is 32.1 Å². The van der Waals surface area contributed by atoms with Crippen LogP contribution in [-0.2, 0) is 14.6 Å². The summed E-state index contributed by atoms with van der Waals surface area (Å²) in [7, 11) is -2.98. The van der Waals surface area contributed by atoms with Gasteiger partial charge < -0.3 is 10.5 Å². The van der Waals surface area contributed by atoms with Crippen LogP contribution >= 0.6 is 0 Å². The lowest BCUT2D eigenvalue weighted by Crippen LogP contribution is -2.38. The Kier molecular flexibility index (Phi) is 4.58. The standard InChI is InChI=1S/C9H19NO4S/c1-7(5-6-15(4,12)13)9(2,3)14-8(10)11/h7H,5-6H2,1-4H3,(H2,10,11). The summed E-state index contributed by atoms with van der Waals surface area (Å²) in [6.45, 7) is 5.25. The molecule has 15 heavy (non-hydrogen) atoms. The second-order valence-corrected chi connectivity index (χ2v) is 6.60. The number of nitrogens with two attached hydrogens (primary N) is 1. The molecule has 0 radical (unpaired) electrons. The Balaban J connectivity index is 4.31. The number of ether oxygens (including phenoxy) is 1. The summed E-state index contributed by atoms with van der Waals surface area (Å²) in [6, 6.07) is 0. The topological polar surface area (TPSA) is 86.5 Å². The first-order chi connectivity index (χ1) is 6.54. The van der Waals surface area contributed by atoms with E-state index in [9.17, 15) is 13.2 Å². The van der Waals surface area contributed by atoms with Gasteiger partial charge in [0, 0.05) is 6.26 Å². The molecule has 0 fully saturated rings. The highest BCUT2D eigenvalue weighted by molar-refractivity contribution is 7.90. The van der Waals surface area contributed by atoms with Crippen LogP contribution in [0.1, 0.15) is 27.2 Å². The van der Waals surface area contributed by atoms with Gasteiger partial charge in [-0.05, 0) is 26.2 Å². The highest BCUT2D eigenvalue weighted by Crippen LogP contribution is 2.24. The maximum absolute atomic E-state index is 11.0. The molecule has 0 aromatic heterocycles. The highest BCUT2D eigenvalue weighted by atomic mass is 32.2. The zero-order valence-electron chi connectivity index (χ0n) is 9.61. The average molecular weight is 237 g/mol. The van der Waals surface area contributed by atoms with Crippen LogP contribution in [0.4, 0.5) is 4.79 Å². The van der Waals surface area contributed by atoms with Gasteiger partial charge in [-0.25, -0.2) is 13.2 Å². The van der Waals surface area contributed by atoms with Crippen LogP contribution in [0.15, 0.2) is 0 Å². The van der Waals surface area contributed by atoms with Crippen LogP contribution in [0.5, 0.6) is 0 Å². The number of amides is 1. The lowest BCUT2D eigenvalue weighted by molar-refractivity contribution is 0.00382. The molecule has 1 amide bonds. The fraction of sp³-hybridized carbons (Fsp3) is 0.889. The van der Waals surface area contributed by atoms with Gasteiger partial charge in [0.15, 0.2) is 0 Å². The minimum absolute atomic E-state index is 0.0697. The maximum Gasteiger partial charge on any atom is 0.405 e. The van der Waals surface area contributed by atoms with Gasteiger partial charge in [-0.1, -0.05) is 6.92 Å². The van der Waals surface area contributed by atoms with Crippen LogP contribution in [0.25, 0.3) is 0 Å². The Bertz CT molecular complexity index is 321. The van der Waals surface area contributed by atoms with Gasteiger partial charge in [0.1, 0.15) is 15.4 Å². The Morgan fingerprint density at radius 3 is 2.27 bits per heavy atom. The lowest BCUT2D eigenvalue weighted by atomic mass is 9.90. The van der Waals surface area contributed by atoms with Crippen molar-refractivity contribution in [2.75, 3.05) is 12.0 Å². The third-order valence-corrected chi connectivity index (χ3v) is 3.45. The van der Waals surface area contributed by atoms with Crippen LogP contribution in [0.3, 0.4) is 0 Å². The summed E-state index contributed by atoms with van der Waals surface area (Å²) in [5.74, 6) is 0.0134.